The van der Waals surface area contributed by atoms with Gasteiger partial charge in [0, 0.05) is 4.47 Å². The summed E-state index contributed by atoms with van der Waals surface area (Å²) in [5, 5.41) is 0. The van der Waals surface area contributed by atoms with Crippen LogP contribution in [0.5, 0.6) is 0 Å². The second kappa shape index (κ2) is 6.51. The predicted molar refractivity (Wildman–Crippen MR) is 85.3 cm³/mol. The lowest BCUT2D eigenvalue weighted by Crippen LogP contribution is -2.13. The summed E-state index contributed by atoms with van der Waals surface area (Å²) in [6, 6.07) is 10.8. The zero-order valence-corrected chi connectivity index (χ0v) is 13.4. The van der Waals surface area contributed by atoms with Gasteiger partial charge in [-0.15, -0.1) is 0 Å². The van der Waals surface area contributed by atoms with Crippen LogP contribution >= 0.6 is 15.9 Å². The standard InChI is InChI=1S/C17H19BrFN/c1-3-11-5-6-13(7-12(11)4-2)17(20)14-8-15(18)10-16(19)9-14/h5-10,17H,3-4,20H2,1-2H3. The fraction of sp³-hybridized carbons (Fsp3) is 0.294. The Balaban J connectivity index is 2.39. The average molecular weight is 336 g/mol. The molecule has 0 spiro atoms. The van der Waals surface area contributed by atoms with E-state index < -0.39 is 0 Å². The number of nitrogens with two attached hydrogens (primary N) is 1. The highest BCUT2D eigenvalue weighted by molar-refractivity contribution is 9.10. The highest BCUT2D eigenvalue weighted by atomic mass is 79.9. The molecule has 0 radical (unpaired) electrons. The van der Waals surface area contributed by atoms with E-state index in [0.717, 1.165) is 24.0 Å². The number of hydrogen-bond donors (Lipinski definition) is 1. The Morgan fingerprint density at radius 2 is 1.70 bits per heavy atom. The minimum Gasteiger partial charge on any atom is -0.320 e. The smallest absolute Gasteiger partial charge is 0.124 e. The summed E-state index contributed by atoms with van der Waals surface area (Å²) in [6.07, 6.45) is 2.00. The van der Waals surface area contributed by atoms with Gasteiger partial charge >= 0.3 is 0 Å². The molecule has 2 aromatic carbocycles. The zero-order valence-electron chi connectivity index (χ0n) is 11.8. The van der Waals surface area contributed by atoms with Crippen LogP contribution in [0.4, 0.5) is 4.39 Å². The minimum atomic E-state index is -0.307. The molecule has 2 aromatic rings. The maximum atomic E-state index is 13.5. The average Bonchev–Trinajstić information content (AvgIpc) is 2.44. The van der Waals surface area contributed by atoms with E-state index in [2.05, 4.69) is 41.9 Å². The van der Waals surface area contributed by atoms with Gasteiger partial charge in [-0.05, 0) is 53.3 Å². The second-order valence-corrected chi connectivity index (χ2v) is 5.83. The van der Waals surface area contributed by atoms with Gasteiger partial charge in [0.2, 0.25) is 0 Å². The molecule has 1 nitrogen and oxygen atoms in total. The SMILES string of the molecule is CCc1ccc(C(N)c2cc(F)cc(Br)c2)cc1CC. The molecule has 0 aromatic heterocycles. The summed E-state index contributed by atoms with van der Waals surface area (Å²) in [4.78, 5) is 0. The molecule has 0 aliphatic rings. The van der Waals surface area contributed by atoms with E-state index in [4.69, 9.17) is 5.73 Å². The third kappa shape index (κ3) is 3.28. The fourth-order valence-corrected chi connectivity index (χ4v) is 2.94. The molecule has 0 heterocycles. The first-order valence-electron chi connectivity index (χ1n) is 6.88. The van der Waals surface area contributed by atoms with Crippen molar-refractivity contribution in [3.05, 3.63) is 68.9 Å². The molecule has 1 atom stereocenters. The van der Waals surface area contributed by atoms with E-state index in [0.29, 0.717) is 4.47 Å². The van der Waals surface area contributed by atoms with Crippen molar-refractivity contribution in [3.8, 4) is 0 Å². The molecule has 0 amide bonds. The Hall–Kier alpha value is -1.19. The third-order valence-electron chi connectivity index (χ3n) is 3.60. The van der Waals surface area contributed by atoms with E-state index in [-0.39, 0.29) is 11.9 Å². The first-order chi connectivity index (χ1) is 9.55. The molecule has 20 heavy (non-hydrogen) atoms. The van der Waals surface area contributed by atoms with E-state index in [1.807, 2.05) is 12.1 Å². The normalized spacial score (nSPS) is 12.4. The van der Waals surface area contributed by atoms with Crippen molar-refractivity contribution >= 4 is 15.9 Å². The van der Waals surface area contributed by atoms with Crippen LogP contribution in [0.25, 0.3) is 0 Å². The van der Waals surface area contributed by atoms with Gasteiger partial charge in [-0.25, -0.2) is 4.39 Å². The highest BCUT2D eigenvalue weighted by Gasteiger charge is 2.12. The van der Waals surface area contributed by atoms with Gasteiger partial charge in [-0.3, -0.25) is 0 Å². The molecule has 1 unspecified atom stereocenters. The van der Waals surface area contributed by atoms with Crippen molar-refractivity contribution in [1.82, 2.24) is 0 Å². The lowest BCUT2D eigenvalue weighted by Gasteiger charge is -2.16. The van der Waals surface area contributed by atoms with Gasteiger partial charge in [0.05, 0.1) is 6.04 Å². The van der Waals surface area contributed by atoms with Crippen molar-refractivity contribution in [1.29, 1.82) is 0 Å². The molecule has 0 saturated heterocycles. The molecule has 2 rings (SSSR count). The van der Waals surface area contributed by atoms with Gasteiger partial charge < -0.3 is 5.73 Å². The lowest BCUT2D eigenvalue weighted by molar-refractivity contribution is 0.622. The molecule has 2 N–H and O–H groups in total. The Kier molecular flexibility index (Phi) is 4.95. The van der Waals surface area contributed by atoms with Gasteiger partial charge in [0.15, 0.2) is 0 Å². The second-order valence-electron chi connectivity index (χ2n) is 4.92. The van der Waals surface area contributed by atoms with E-state index in [9.17, 15) is 4.39 Å². The third-order valence-corrected chi connectivity index (χ3v) is 4.05. The Morgan fingerprint density at radius 3 is 2.30 bits per heavy atom. The summed E-state index contributed by atoms with van der Waals surface area (Å²) in [7, 11) is 0. The van der Waals surface area contributed by atoms with Crippen molar-refractivity contribution < 1.29 is 4.39 Å². The molecular formula is C17H19BrFN. The quantitative estimate of drug-likeness (QED) is 0.856. The fourth-order valence-electron chi connectivity index (χ4n) is 2.46. The van der Waals surface area contributed by atoms with Crippen LogP contribution in [-0.4, -0.2) is 0 Å². The van der Waals surface area contributed by atoms with Crippen molar-refractivity contribution in [2.45, 2.75) is 32.7 Å². The topological polar surface area (TPSA) is 26.0 Å². The van der Waals surface area contributed by atoms with Crippen LogP contribution in [0.2, 0.25) is 0 Å². The number of rotatable bonds is 4. The minimum absolute atomic E-state index is 0.272. The van der Waals surface area contributed by atoms with Gasteiger partial charge in [-0.2, -0.15) is 0 Å². The lowest BCUT2D eigenvalue weighted by atomic mass is 9.94. The van der Waals surface area contributed by atoms with Crippen LogP contribution in [0.15, 0.2) is 40.9 Å². The highest BCUT2D eigenvalue weighted by Crippen LogP contribution is 2.26. The zero-order chi connectivity index (χ0) is 14.7. The summed E-state index contributed by atoms with van der Waals surface area (Å²) in [5.41, 5.74) is 10.8. The molecule has 0 fully saturated rings. The molecule has 0 aliphatic heterocycles. The molecule has 0 aliphatic carbocycles. The van der Waals surface area contributed by atoms with Crippen molar-refractivity contribution in [2.24, 2.45) is 5.73 Å². The summed E-state index contributed by atoms with van der Waals surface area (Å²) in [6.45, 7) is 4.29. The first kappa shape index (κ1) is 15.2. The monoisotopic (exact) mass is 335 g/mol. The van der Waals surface area contributed by atoms with Crippen molar-refractivity contribution in [3.63, 3.8) is 0 Å². The molecular weight excluding hydrogens is 317 g/mol. The van der Waals surface area contributed by atoms with Gasteiger partial charge in [-0.1, -0.05) is 48.0 Å². The summed E-state index contributed by atoms with van der Waals surface area (Å²) < 4.78 is 14.2. The Bertz CT molecular complexity index is 590. The van der Waals surface area contributed by atoms with Crippen LogP contribution in [0.3, 0.4) is 0 Å². The van der Waals surface area contributed by atoms with Crippen LogP contribution < -0.4 is 5.73 Å². The van der Waals surface area contributed by atoms with Crippen molar-refractivity contribution in [2.75, 3.05) is 0 Å². The maximum Gasteiger partial charge on any atom is 0.124 e. The van der Waals surface area contributed by atoms with Crippen LogP contribution in [0.1, 0.15) is 42.1 Å². The molecule has 3 heteroatoms. The largest absolute Gasteiger partial charge is 0.320 e. The number of halogens is 2. The summed E-state index contributed by atoms with van der Waals surface area (Å²) in [5.74, 6) is -0.272. The van der Waals surface area contributed by atoms with E-state index in [1.54, 1.807) is 0 Å². The van der Waals surface area contributed by atoms with Gasteiger partial charge in [0.1, 0.15) is 5.82 Å². The predicted octanol–water partition coefficient (Wildman–Crippen LogP) is 4.76. The van der Waals surface area contributed by atoms with Crippen LogP contribution in [0, 0.1) is 5.82 Å². The first-order valence-corrected chi connectivity index (χ1v) is 7.67. The van der Waals surface area contributed by atoms with E-state index >= 15 is 0 Å². The Labute approximate surface area is 128 Å². The molecule has 0 bridgehead atoms. The molecule has 0 saturated carbocycles. The van der Waals surface area contributed by atoms with Gasteiger partial charge in [0.25, 0.3) is 0 Å². The Morgan fingerprint density at radius 1 is 1.00 bits per heavy atom. The van der Waals surface area contributed by atoms with Crippen LogP contribution in [-0.2, 0) is 12.8 Å². The van der Waals surface area contributed by atoms with E-state index in [1.165, 1.54) is 23.3 Å². The number of benzene rings is 2. The number of hydrogen-bond acceptors (Lipinski definition) is 1. The number of aryl methyl sites for hydroxylation is 2. The maximum absolute atomic E-state index is 13.5. The summed E-state index contributed by atoms with van der Waals surface area (Å²) >= 11 is 3.31. The molecule has 106 valence electrons.